The van der Waals surface area contributed by atoms with Gasteiger partial charge in [-0.15, -0.1) is 0 Å². The van der Waals surface area contributed by atoms with E-state index in [1.807, 2.05) is 0 Å². The van der Waals surface area contributed by atoms with E-state index >= 15 is 0 Å². The fourth-order valence-corrected chi connectivity index (χ4v) is 16.6. The molecule has 2 heteroatoms. The quantitative estimate of drug-likeness (QED) is 0.425. The average Bonchev–Trinajstić information content (AvgIpc) is 1.76. The summed E-state index contributed by atoms with van der Waals surface area (Å²) in [5, 5.41) is 0. The summed E-state index contributed by atoms with van der Waals surface area (Å²) in [6, 6.07) is 0. The van der Waals surface area contributed by atoms with Crippen LogP contribution in [0.1, 0.15) is 0 Å². The summed E-state index contributed by atoms with van der Waals surface area (Å²) in [4.78, 5) is 0. The Morgan fingerprint density at radius 1 is 1.60 bits per heavy atom. The van der Waals surface area contributed by atoms with E-state index in [2.05, 4.69) is 8.98 Å². The van der Waals surface area contributed by atoms with Gasteiger partial charge in [-0.3, -0.25) is 0 Å². The molecule has 0 spiro atoms. The van der Waals surface area contributed by atoms with Crippen LogP contribution in [-0.4, -0.2) is 47.4 Å². The minimum absolute atomic E-state index is 0.0370. The van der Waals surface area contributed by atoms with Gasteiger partial charge >= 0.3 is 55.0 Å². The summed E-state index contributed by atoms with van der Waals surface area (Å²) in [7, 11) is 0. The summed E-state index contributed by atoms with van der Waals surface area (Å²) in [6.07, 6.45) is 0. The summed E-state index contributed by atoms with van der Waals surface area (Å²) in [6.45, 7) is 0. The van der Waals surface area contributed by atoms with Gasteiger partial charge in [0.2, 0.25) is 0 Å². The Bertz CT molecular complexity index is 63.0. The minimum atomic E-state index is -0.0648. The van der Waals surface area contributed by atoms with E-state index in [9.17, 15) is 0 Å². The van der Waals surface area contributed by atoms with E-state index in [1.54, 1.807) is 0 Å². The van der Waals surface area contributed by atoms with Crippen molar-refractivity contribution in [3.05, 3.63) is 7.57 Å². The van der Waals surface area contributed by atoms with Gasteiger partial charge in [0.25, 0.3) is 0 Å². The van der Waals surface area contributed by atoms with Gasteiger partial charge in [0.1, 0.15) is 0 Å². The zero-order valence-electron chi connectivity index (χ0n) is 2.68. The fraction of sp³-hybridized carbons (Fsp3) is 0. The second kappa shape index (κ2) is 2.53. The van der Waals surface area contributed by atoms with Gasteiger partial charge in [0.15, 0.2) is 0 Å². The van der Waals surface area contributed by atoms with E-state index in [0.717, 1.165) is 0 Å². The zero-order chi connectivity index (χ0) is 3.54. The number of rotatable bonds is 0. The van der Waals surface area contributed by atoms with Crippen molar-refractivity contribution in [2.75, 3.05) is 0 Å². The summed E-state index contributed by atoms with van der Waals surface area (Å²) in [5.74, 6) is 0. The molecule has 5 heavy (non-hydrogen) atoms. The molecule has 0 amide bonds. The van der Waals surface area contributed by atoms with Crippen LogP contribution in [0.25, 0.3) is 0 Å². The van der Waals surface area contributed by atoms with Crippen LogP contribution in [0.3, 0.4) is 0 Å². The Morgan fingerprint density at radius 2 is 2.60 bits per heavy atom. The molecular weight excluding hydrogens is 454 g/mol. The zero-order valence-corrected chi connectivity index (χ0v) is 10.0. The van der Waals surface area contributed by atoms with E-state index in [-0.39, 0.29) is 46.0 Å². The molecule has 0 aromatic heterocycles. The molecule has 0 fully saturated rings. The first-order valence-electron chi connectivity index (χ1n) is 1.43. The van der Waals surface area contributed by atoms with Crippen molar-refractivity contribution in [3.63, 3.8) is 0 Å². The molecule has 0 aliphatic carbocycles. The topological polar surface area (TPSA) is 0 Å². The first-order chi connectivity index (χ1) is 2.50. The third-order valence-electron chi connectivity index (χ3n) is 0.406. The molecule has 0 nitrogen and oxygen atoms in total. The SMILES string of the molecule is [CH]1=[CH][BiH][CH]=[Bi]1. The Labute approximate surface area is 54.3 Å². The molecule has 0 bridgehead atoms. The summed E-state index contributed by atoms with van der Waals surface area (Å²) >= 11 is -0.0278. The Balaban J connectivity index is 2.61. The van der Waals surface area contributed by atoms with Crippen LogP contribution in [0, 0.1) is 0 Å². The van der Waals surface area contributed by atoms with Gasteiger partial charge in [-0.1, -0.05) is 0 Å². The van der Waals surface area contributed by atoms with Crippen LogP contribution < -0.4 is 0 Å². The third-order valence-corrected chi connectivity index (χ3v) is 18.8. The molecule has 0 unspecified atom stereocenters. The standard InChI is InChI=1S/C2H2.CH.2Bi.H/c1-2;;;;/h1-2H;1H;;;. The fourth-order valence-electron chi connectivity index (χ4n) is 0.215. The monoisotopic (exact) mass is 458 g/mol. The van der Waals surface area contributed by atoms with Crippen molar-refractivity contribution in [2.45, 2.75) is 0 Å². The van der Waals surface area contributed by atoms with Gasteiger partial charge in [-0.2, -0.15) is 0 Å². The number of hydrogen-bond donors (Lipinski definition) is 0. The second-order valence-corrected chi connectivity index (χ2v) is 15.5. The van der Waals surface area contributed by atoms with Crippen molar-refractivity contribution < 1.29 is 0 Å². The molecule has 1 aliphatic rings. The van der Waals surface area contributed by atoms with Crippen LogP contribution in [0.5, 0.6) is 0 Å². The van der Waals surface area contributed by atoms with Crippen LogP contribution in [0.15, 0.2) is 7.57 Å². The van der Waals surface area contributed by atoms with Crippen LogP contribution in [0.4, 0.5) is 0 Å². The van der Waals surface area contributed by atoms with Crippen molar-refractivity contribution in [1.82, 2.24) is 0 Å². The maximum atomic E-state index is 2.62. The molecular formula is C3H4Bi2. The molecule has 0 aromatic rings. The average molecular weight is 458 g/mol. The van der Waals surface area contributed by atoms with Crippen LogP contribution in [-0.2, 0) is 0 Å². The van der Waals surface area contributed by atoms with Gasteiger partial charge in [-0.25, -0.2) is 0 Å². The molecule has 0 radical (unpaired) electrons. The van der Waals surface area contributed by atoms with E-state index in [0.29, 0.717) is 0 Å². The van der Waals surface area contributed by atoms with Gasteiger partial charge in [-0.05, 0) is 0 Å². The van der Waals surface area contributed by atoms with Gasteiger partial charge < -0.3 is 0 Å². The molecule has 0 saturated carbocycles. The van der Waals surface area contributed by atoms with Gasteiger partial charge in [0, 0.05) is 0 Å². The predicted molar refractivity (Wildman–Crippen MR) is 28.1 cm³/mol. The van der Waals surface area contributed by atoms with E-state index in [4.69, 9.17) is 0 Å². The molecule has 1 aliphatic heterocycles. The van der Waals surface area contributed by atoms with Crippen molar-refractivity contribution in [1.29, 1.82) is 0 Å². The molecule has 0 aromatic carbocycles. The predicted octanol–water partition coefficient (Wildman–Crippen LogP) is -0.628. The van der Waals surface area contributed by atoms with Crippen molar-refractivity contribution in [2.24, 2.45) is 0 Å². The maximum absolute atomic E-state index is 2.62. The van der Waals surface area contributed by atoms with E-state index < -0.39 is 0 Å². The third kappa shape index (κ3) is 1.51. The summed E-state index contributed by atoms with van der Waals surface area (Å²) < 4.78 is 7.53. The normalized spacial score (nSPS) is 17.6. The first kappa shape index (κ1) is 4.53. The van der Waals surface area contributed by atoms with Crippen LogP contribution >= 0.6 is 0 Å². The van der Waals surface area contributed by atoms with Crippen molar-refractivity contribution >= 4 is 47.4 Å². The van der Waals surface area contributed by atoms with Crippen molar-refractivity contribution in [3.8, 4) is 0 Å². The Kier molecular flexibility index (Phi) is 2.30. The Hall–Kier alpha value is 1.38. The van der Waals surface area contributed by atoms with Gasteiger partial charge in [0.05, 0.1) is 0 Å². The van der Waals surface area contributed by atoms with Crippen LogP contribution in [0.2, 0.25) is 0 Å². The first-order valence-corrected chi connectivity index (χ1v) is 9.93. The molecule has 0 saturated heterocycles. The second-order valence-electron chi connectivity index (χ2n) is 0.761. The molecule has 0 N–H and O–H groups in total. The molecule has 1 rings (SSSR count). The molecule has 26 valence electrons. The molecule has 1 heterocycles. The van der Waals surface area contributed by atoms with E-state index in [1.165, 1.54) is 0 Å². The summed E-state index contributed by atoms with van der Waals surface area (Å²) in [5.41, 5.74) is 0. The Morgan fingerprint density at radius 3 is 2.80 bits per heavy atom. The number of hydrogen-bond acceptors (Lipinski definition) is 0. The molecule has 0 atom stereocenters.